The number of methoxy groups -OCH3 is 2. The van der Waals surface area contributed by atoms with Crippen LogP contribution in [0.1, 0.15) is 99.8 Å². The number of benzene rings is 5. The molecule has 1 aliphatic rings. The Labute approximate surface area is 451 Å². The molecule has 4 atom stereocenters. The van der Waals surface area contributed by atoms with Gasteiger partial charge in [0, 0.05) is 30.7 Å². The van der Waals surface area contributed by atoms with Crippen molar-refractivity contribution < 1.29 is 32.8 Å². The molecule has 394 valence electrons. The summed E-state index contributed by atoms with van der Waals surface area (Å²) in [6.07, 6.45) is 1.85. The minimum Gasteiger partial charge on any atom is -0.497 e. The minimum atomic E-state index is -1.74. The highest BCUT2D eigenvalue weighted by Gasteiger charge is 2.46. The second-order valence-electron chi connectivity index (χ2n) is 18.7. The Morgan fingerprint density at radius 1 is 0.789 bits per heavy atom. The van der Waals surface area contributed by atoms with Crippen molar-refractivity contribution in [3.8, 4) is 23.6 Å². The summed E-state index contributed by atoms with van der Waals surface area (Å²) in [4.78, 5) is 29.3. The van der Waals surface area contributed by atoms with Crippen LogP contribution >= 0.6 is 20.3 Å². The number of nitrogens with one attached hydrogen (secondary N) is 1. The number of hydrogen-bond donors (Lipinski definition) is 1. The van der Waals surface area contributed by atoms with Crippen LogP contribution in [0.2, 0.25) is 0 Å². The van der Waals surface area contributed by atoms with Crippen molar-refractivity contribution in [2.75, 3.05) is 38.5 Å². The van der Waals surface area contributed by atoms with E-state index in [0.29, 0.717) is 46.4 Å². The number of fused-ring (bicyclic) bond motifs is 1. The second-order valence-corrected chi connectivity index (χ2v) is 21.2. The highest BCUT2D eigenvalue weighted by molar-refractivity contribution is 7.99. The van der Waals surface area contributed by atoms with E-state index in [9.17, 15) is 15.3 Å². The minimum absolute atomic E-state index is 0.0345. The van der Waals surface area contributed by atoms with E-state index >= 15 is 0 Å². The molecule has 1 amide bonds. The van der Waals surface area contributed by atoms with Gasteiger partial charge in [0.15, 0.2) is 22.1 Å². The van der Waals surface area contributed by atoms with Crippen LogP contribution in [-0.4, -0.2) is 87.6 Å². The van der Waals surface area contributed by atoms with Crippen LogP contribution < -0.4 is 14.8 Å². The lowest BCUT2D eigenvalue weighted by atomic mass is 9.80. The van der Waals surface area contributed by atoms with Gasteiger partial charge in [-0.2, -0.15) is 10.5 Å². The fraction of sp³-hybridized carbons (Fsp3) is 0.356. The molecule has 15 nitrogen and oxygen atoms in total. The molecule has 3 heterocycles. The molecular weight excluding hydrogens is 996 g/mol. The van der Waals surface area contributed by atoms with Gasteiger partial charge in [-0.3, -0.25) is 9.36 Å². The van der Waals surface area contributed by atoms with Crippen LogP contribution in [0.3, 0.4) is 0 Å². The quantitative estimate of drug-likeness (QED) is 0.0234. The molecule has 2 unspecified atom stereocenters. The maximum absolute atomic E-state index is 14.6. The highest BCUT2D eigenvalue weighted by atomic mass is 32.2. The van der Waals surface area contributed by atoms with Gasteiger partial charge in [0.2, 0.25) is 5.91 Å². The Morgan fingerprint density at radius 3 is 1.91 bits per heavy atom. The SMILES string of the molecule is COc1ccc(C(OC[C@H]2OC(n3c(SCCCCC#N)nc4c(NC(=O)C(c5ccccc5)c5ccccc5)ncnc43)C[C@@H]2OP(OCCC#N)N(C(C)C)C(C)C)(c2ccccc2)c2ccc(OC)cc2)cc1. The third-order valence-electron chi connectivity index (χ3n) is 13.1. The number of imidazole rings is 1. The normalized spacial score (nSPS) is 16.0. The Kier molecular flexibility index (Phi) is 19.6. The van der Waals surface area contributed by atoms with Crippen molar-refractivity contribution in [3.63, 3.8) is 0 Å². The Balaban J connectivity index is 1.23. The predicted octanol–water partition coefficient (Wildman–Crippen LogP) is 12.4. The van der Waals surface area contributed by atoms with Crippen molar-refractivity contribution in [2.45, 2.75) is 107 Å². The van der Waals surface area contributed by atoms with Crippen LogP contribution in [0.25, 0.3) is 11.2 Å². The smallest absolute Gasteiger partial charge is 0.259 e. The number of rotatable bonds is 26. The number of carbonyl (C=O) groups is 1. The number of hydrogen-bond acceptors (Lipinski definition) is 14. The summed E-state index contributed by atoms with van der Waals surface area (Å²) in [5.74, 6) is 1.40. The van der Waals surface area contributed by atoms with Crippen molar-refractivity contribution in [2.24, 2.45) is 0 Å². The van der Waals surface area contributed by atoms with Gasteiger partial charge >= 0.3 is 0 Å². The maximum Gasteiger partial charge on any atom is 0.259 e. The predicted molar refractivity (Wildman–Crippen MR) is 296 cm³/mol. The standard InChI is InChI=1S/C59H65N8O7PS/c1-41(2)67(42(3)4)75(72-36-19-35-61)74-50-38-52(73-51(50)39-71-59(45-24-15-9-16-25-45,46-26-30-48(69-5)31-27-46)47-28-32-49(70-6)33-29-47)66-56-54(64-58(66)76-37-18-10-17-34-60)55(62-40-63-56)65-57(68)53(43-20-11-7-12-21-43)44-22-13-8-14-23-44/h7-9,11-16,20-33,40-42,50-53H,10,17-19,36-39H2,1-6H3,(H,62,63,65,68)/t50-,51+,52?,75?/m0/s1. The molecule has 1 N–H and O–H groups in total. The van der Waals surface area contributed by atoms with E-state index in [2.05, 4.69) is 66.9 Å². The van der Waals surface area contributed by atoms with Gasteiger partial charge in [-0.1, -0.05) is 127 Å². The molecule has 17 heteroatoms. The van der Waals surface area contributed by atoms with E-state index in [-0.39, 0.29) is 43.4 Å². The number of unbranched alkanes of at least 4 members (excludes halogenated alkanes) is 2. The van der Waals surface area contributed by atoms with Crippen LogP contribution in [-0.2, 0) is 28.9 Å². The van der Waals surface area contributed by atoms with E-state index in [1.54, 1.807) is 14.2 Å². The van der Waals surface area contributed by atoms with Gasteiger partial charge in [-0.25, -0.2) is 19.6 Å². The van der Waals surface area contributed by atoms with Gasteiger partial charge in [0.25, 0.3) is 8.53 Å². The third kappa shape index (κ3) is 12.9. The van der Waals surface area contributed by atoms with Gasteiger partial charge in [0.05, 0.1) is 58.0 Å². The van der Waals surface area contributed by atoms with Gasteiger partial charge in [-0.05, 0) is 92.6 Å². The number of nitriles is 2. The lowest BCUT2D eigenvalue weighted by Gasteiger charge is -2.39. The average Bonchev–Trinajstić information content (AvgIpc) is 4.09. The first-order valence-corrected chi connectivity index (χ1v) is 27.7. The topological polar surface area (TPSA) is 179 Å². The number of thioether (sulfide) groups is 1. The van der Waals surface area contributed by atoms with Crippen LogP contribution in [0, 0.1) is 22.7 Å². The second kappa shape index (κ2) is 26.9. The van der Waals surface area contributed by atoms with Crippen molar-refractivity contribution in [3.05, 3.63) is 174 Å². The third-order valence-corrected chi connectivity index (χ3v) is 16.3. The molecule has 0 aliphatic carbocycles. The van der Waals surface area contributed by atoms with Crippen LogP contribution in [0.5, 0.6) is 11.5 Å². The number of amides is 1. The summed E-state index contributed by atoms with van der Waals surface area (Å²) in [7, 11) is 1.55. The molecule has 76 heavy (non-hydrogen) atoms. The Hall–Kier alpha value is -6.72. The van der Waals surface area contributed by atoms with Crippen LogP contribution in [0.15, 0.2) is 151 Å². The van der Waals surface area contributed by atoms with E-state index in [1.807, 2.05) is 132 Å². The summed E-state index contributed by atoms with van der Waals surface area (Å²) >= 11 is 1.53. The molecule has 1 aliphatic heterocycles. The summed E-state index contributed by atoms with van der Waals surface area (Å²) in [5, 5.41) is 22.7. The molecule has 0 saturated carbocycles. The lowest BCUT2D eigenvalue weighted by Crippen LogP contribution is -2.39. The molecule has 1 saturated heterocycles. The molecular formula is C59H65N8O7PS. The summed E-state index contributed by atoms with van der Waals surface area (Å²) < 4.78 is 44.0. The van der Waals surface area contributed by atoms with Gasteiger partial charge in [0.1, 0.15) is 35.8 Å². The molecule has 8 rings (SSSR count). The van der Waals surface area contributed by atoms with Gasteiger partial charge in [-0.15, -0.1) is 0 Å². The maximum atomic E-state index is 14.6. The molecule has 0 bridgehead atoms. The Bertz CT molecular complexity index is 2940. The zero-order valence-electron chi connectivity index (χ0n) is 43.8. The first-order chi connectivity index (χ1) is 37.1. The number of carbonyl (C=O) groups excluding carboxylic acids is 1. The van der Waals surface area contributed by atoms with E-state index in [1.165, 1.54) is 18.1 Å². The fourth-order valence-corrected chi connectivity index (χ4v) is 12.4. The first kappa shape index (κ1) is 55.5. The fourth-order valence-electron chi connectivity index (χ4n) is 9.60. The molecule has 2 aromatic heterocycles. The number of aromatic nitrogens is 4. The lowest BCUT2D eigenvalue weighted by molar-refractivity contribution is -0.116. The monoisotopic (exact) mass is 1060 g/mol. The zero-order valence-corrected chi connectivity index (χ0v) is 45.5. The summed E-state index contributed by atoms with van der Waals surface area (Å²) in [6.45, 7) is 8.65. The van der Waals surface area contributed by atoms with Crippen LogP contribution in [0.4, 0.5) is 5.82 Å². The number of anilines is 1. The molecule has 0 radical (unpaired) electrons. The van der Waals surface area contributed by atoms with E-state index in [0.717, 1.165) is 40.7 Å². The molecule has 0 spiro atoms. The largest absolute Gasteiger partial charge is 0.497 e. The average molecular weight is 1060 g/mol. The first-order valence-electron chi connectivity index (χ1n) is 25.6. The van der Waals surface area contributed by atoms with Crippen molar-refractivity contribution >= 4 is 43.2 Å². The molecule has 1 fully saturated rings. The number of ether oxygens (including phenoxy) is 4. The van der Waals surface area contributed by atoms with Crippen molar-refractivity contribution in [1.82, 2.24) is 24.2 Å². The van der Waals surface area contributed by atoms with Gasteiger partial charge < -0.3 is 33.3 Å². The Morgan fingerprint density at radius 2 is 1.36 bits per heavy atom. The van der Waals surface area contributed by atoms with E-state index < -0.39 is 38.5 Å². The summed E-state index contributed by atoms with van der Waals surface area (Å²) in [6, 6.07) is 49.7. The van der Waals surface area contributed by atoms with E-state index in [4.69, 9.17) is 38.0 Å². The van der Waals surface area contributed by atoms with Crippen molar-refractivity contribution in [1.29, 1.82) is 10.5 Å². The molecule has 7 aromatic rings. The number of nitrogens with zero attached hydrogens (tertiary/aromatic N) is 7. The highest BCUT2D eigenvalue weighted by Crippen LogP contribution is 2.51. The summed E-state index contributed by atoms with van der Waals surface area (Å²) in [5.41, 5.74) is 3.93. The molecule has 5 aromatic carbocycles. The zero-order chi connectivity index (χ0) is 53.4.